The van der Waals surface area contributed by atoms with Crippen LogP contribution >= 0.6 is 0 Å². The predicted molar refractivity (Wildman–Crippen MR) is 67.9 cm³/mol. The number of ketones is 1. The zero-order valence-corrected chi connectivity index (χ0v) is 9.95. The van der Waals surface area contributed by atoms with Gasteiger partial charge in [0.1, 0.15) is 0 Å². The van der Waals surface area contributed by atoms with Gasteiger partial charge in [-0.25, -0.2) is 0 Å². The van der Waals surface area contributed by atoms with Crippen LogP contribution in [0.1, 0.15) is 29.8 Å². The molecule has 0 N–H and O–H groups in total. The van der Waals surface area contributed by atoms with Gasteiger partial charge in [0.25, 0.3) is 0 Å². The monoisotopic (exact) mass is 212 g/mol. The van der Waals surface area contributed by atoms with Crippen LogP contribution in [-0.2, 0) is 0 Å². The number of fused-ring (bicyclic) bond motifs is 1. The van der Waals surface area contributed by atoms with E-state index in [1.165, 1.54) is 10.9 Å². The first kappa shape index (κ1) is 10.9. The lowest BCUT2D eigenvalue weighted by Gasteiger charge is -2.07. The number of hydrogen-bond acceptors (Lipinski definition) is 1. The van der Waals surface area contributed by atoms with Crippen LogP contribution in [0.4, 0.5) is 0 Å². The van der Waals surface area contributed by atoms with Gasteiger partial charge in [0.2, 0.25) is 0 Å². The van der Waals surface area contributed by atoms with Crippen LogP contribution in [0.25, 0.3) is 10.8 Å². The van der Waals surface area contributed by atoms with Crippen LogP contribution in [0.2, 0.25) is 0 Å². The average molecular weight is 212 g/mol. The molecule has 0 aliphatic heterocycles. The molecule has 0 aliphatic carbocycles. The van der Waals surface area contributed by atoms with Crippen molar-refractivity contribution in [3.8, 4) is 0 Å². The Morgan fingerprint density at radius 2 is 1.88 bits per heavy atom. The number of carbonyl (C=O) groups excluding carboxylic acids is 1. The van der Waals surface area contributed by atoms with E-state index in [9.17, 15) is 4.79 Å². The van der Waals surface area contributed by atoms with Crippen molar-refractivity contribution in [1.29, 1.82) is 0 Å². The first-order chi connectivity index (χ1) is 7.59. The van der Waals surface area contributed by atoms with Gasteiger partial charge >= 0.3 is 0 Å². The normalized spacial score (nSPS) is 11.0. The second kappa shape index (κ2) is 4.09. The molecule has 0 aliphatic rings. The highest BCUT2D eigenvalue weighted by Gasteiger charge is 2.10. The minimum atomic E-state index is 0.0576. The lowest BCUT2D eigenvalue weighted by atomic mass is 9.97. The molecule has 16 heavy (non-hydrogen) atoms. The van der Waals surface area contributed by atoms with Gasteiger partial charge < -0.3 is 0 Å². The van der Waals surface area contributed by atoms with Crippen molar-refractivity contribution in [1.82, 2.24) is 0 Å². The van der Waals surface area contributed by atoms with Crippen LogP contribution in [0, 0.1) is 12.8 Å². The maximum Gasteiger partial charge on any atom is 0.165 e. The summed E-state index contributed by atoms with van der Waals surface area (Å²) >= 11 is 0. The Hall–Kier alpha value is -1.63. The molecule has 0 unspecified atom stereocenters. The maximum absolute atomic E-state index is 11.9. The third-order valence-corrected chi connectivity index (χ3v) is 2.91. The van der Waals surface area contributed by atoms with E-state index in [0.29, 0.717) is 0 Å². The summed E-state index contributed by atoms with van der Waals surface area (Å²) in [5, 5.41) is 2.37. The standard InChI is InChI=1S/C15H16O/c1-10(2)15(16)13-7-8-14-11(3)5-4-6-12(14)9-13/h4-10H,1-3H3. The fourth-order valence-corrected chi connectivity index (χ4v) is 1.93. The molecule has 2 aromatic carbocycles. The van der Waals surface area contributed by atoms with E-state index in [0.717, 1.165) is 10.9 Å². The highest BCUT2D eigenvalue weighted by atomic mass is 16.1. The third-order valence-electron chi connectivity index (χ3n) is 2.91. The topological polar surface area (TPSA) is 17.1 Å². The predicted octanol–water partition coefficient (Wildman–Crippen LogP) is 3.99. The summed E-state index contributed by atoms with van der Waals surface area (Å²) in [6, 6.07) is 12.1. The molecule has 0 saturated heterocycles. The largest absolute Gasteiger partial charge is 0.294 e. The van der Waals surface area contributed by atoms with Crippen molar-refractivity contribution in [2.75, 3.05) is 0 Å². The number of Topliss-reactive ketones (excluding diaryl/α,β-unsaturated/α-hetero) is 1. The summed E-state index contributed by atoms with van der Waals surface area (Å²) in [5.74, 6) is 0.269. The first-order valence-electron chi connectivity index (χ1n) is 5.63. The van der Waals surface area contributed by atoms with Crippen molar-refractivity contribution < 1.29 is 4.79 Å². The molecule has 0 bridgehead atoms. The highest BCUT2D eigenvalue weighted by molar-refractivity contribution is 6.01. The van der Waals surface area contributed by atoms with Gasteiger partial charge in [0, 0.05) is 11.5 Å². The van der Waals surface area contributed by atoms with Crippen LogP contribution in [0.15, 0.2) is 36.4 Å². The Morgan fingerprint density at radius 3 is 2.56 bits per heavy atom. The van der Waals surface area contributed by atoms with Gasteiger partial charge in [0.05, 0.1) is 0 Å². The lowest BCUT2D eigenvalue weighted by Crippen LogP contribution is -2.06. The Kier molecular flexibility index (Phi) is 2.78. The smallest absolute Gasteiger partial charge is 0.165 e. The fraction of sp³-hybridized carbons (Fsp3) is 0.267. The van der Waals surface area contributed by atoms with Crippen molar-refractivity contribution in [3.05, 3.63) is 47.5 Å². The SMILES string of the molecule is Cc1cccc2cc(C(=O)C(C)C)ccc12. The van der Waals surface area contributed by atoms with E-state index in [1.807, 2.05) is 38.1 Å². The quantitative estimate of drug-likeness (QED) is 0.688. The Bertz CT molecular complexity index is 538. The second-order valence-electron chi connectivity index (χ2n) is 4.53. The molecule has 2 aromatic rings. The molecule has 0 amide bonds. The van der Waals surface area contributed by atoms with Crippen LogP contribution in [0.5, 0.6) is 0 Å². The summed E-state index contributed by atoms with van der Waals surface area (Å²) < 4.78 is 0. The molecule has 0 radical (unpaired) electrons. The molecule has 2 rings (SSSR count). The lowest BCUT2D eigenvalue weighted by molar-refractivity contribution is 0.0939. The fourth-order valence-electron chi connectivity index (χ4n) is 1.93. The van der Waals surface area contributed by atoms with Crippen LogP contribution in [-0.4, -0.2) is 5.78 Å². The number of aryl methyl sites for hydroxylation is 1. The molecule has 1 heteroatoms. The van der Waals surface area contributed by atoms with Gasteiger partial charge in [-0.05, 0) is 29.3 Å². The zero-order valence-electron chi connectivity index (χ0n) is 9.95. The van der Waals surface area contributed by atoms with E-state index in [4.69, 9.17) is 0 Å². The Labute approximate surface area is 96.1 Å². The summed E-state index contributed by atoms with van der Waals surface area (Å²) in [5.41, 5.74) is 2.06. The Balaban J connectivity index is 2.57. The van der Waals surface area contributed by atoms with Crippen molar-refractivity contribution in [2.45, 2.75) is 20.8 Å². The second-order valence-corrected chi connectivity index (χ2v) is 4.53. The molecule has 1 nitrogen and oxygen atoms in total. The molecular weight excluding hydrogens is 196 g/mol. The van der Waals surface area contributed by atoms with E-state index in [-0.39, 0.29) is 11.7 Å². The van der Waals surface area contributed by atoms with E-state index < -0.39 is 0 Å². The van der Waals surface area contributed by atoms with Gasteiger partial charge in [0.15, 0.2) is 5.78 Å². The molecule has 0 atom stereocenters. The molecule has 0 saturated carbocycles. The zero-order chi connectivity index (χ0) is 11.7. The Morgan fingerprint density at radius 1 is 1.12 bits per heavy atom. The van der Waals surface area contributed by atoms with E-state index in [1.54, 1.807) is 0 Å². The van der Waals surface area contributed by atoms with Gasteiger partial charge in [-0.15, -0.1) is 0 Å². The summed E-state index contributed by atoms with van der Waals surface area (Å²) in [7, 11) is 0. The van der Waals surface area contributed by atoms with Crippen LogP contribution < -0.4 is 0 Å². The first-order valence-corrected chi connectivity index (χ1v) is 5.63. The van der Waals surface area contributed by atoms with Crippen molar-refractivity contribution in [2.24, 2.45) is 5.92 Å². The minimum Gasteiger partial charge on any atom is -0.294 e. The van der Waals surface area contributed by atoms with Crippen LogP contribution in [0.3, 0.4) is 0 Å². The molecule has 82 valence electrons. The van der Waals surface area contributed by atoms with Crippen molar-refractivity contribution >= 4 is 16.6 Å². The number of hydrogen-bond donors (Lipinski definition) is 0. The summed E-state index contributed by atoms with van der Waals surface area (Å²) in [6.45, 7) is 5.96. The maximum atomic E-state index is 11.9. The molecule has 0 spiro atoms. The molecule has 0 heterocycles. The highest BCUT2D eigenvalue weighted by Crippen LogP contribution is 2.21. The summed E-state index contributed by atoms with van der Waals surface area (Å²) in [4.78, 5) is 11.9. The van der Waals surface area contributed by atoms with Gasteiger partial charge in [-0.3, -0.25) is 4.79 Å². The van der Waals surface area contributed by atoms with Crippen molar-refractivity contribution in [3.63, 3.8) is 0 Å². The molecule has 0 fully saturated rings. The molecule has 0 aromatic heterocycles. The molecular formula is C15H16O. The van der Waals surface area contributed by atoms with Gasteiger partial charge in [-0.2, -0.15) is 0 Å². The minimum absolute atomic E-state index is 0.0576. The third kappa shape index (κ3) is 1.85. The summed E-state index contributed by atoms with van der Waals surface area (Å²) in [6.07, 6.45) is 0. The number of carbonyl (C=O) groups is 1. The number of benzene rings is 2. The van der Waals surface area contributed by atoms with Gasteiger partial charge in [-0.1, -0.05) is 44.2 Å². The van der Waals surface area contributed by atoms with E-state index >= 15 is 0 Å². The van der Waals surface area contributed by atoms with E-state index in [2.05, 4.69) is 19.1 Å². The number of rotatable bonds is 2. The average Bonchev–Trinajstić information content (AvgIpc) is 2.28.